The molecular weight excluding hydrogens is 2270 g/mol. The van der Waals surface area contributed by atoms with Gasteiger partial charge >= 0.3 is 22.8 Å². The molecule has 0 saturated carbocycles. The molecule has 133 heavy (non-hydrogen) atoms. The molecule has 27 atom stereocenters. The fourth-order valence-electron chi connectivity index (χ4n) is 12.0. The third-order valence-corrected chi connectivity index (χ3v) is 18.0. The van der Waals surface area contributed by atoms with Gasteiger partial charge in [0.1, 0.15) is 73.5 Å². The minimum absolute atomic E-state index is 0. The zero-order chi connectivity index (χ0) is 92.7. The van der Waals surface area contributed by atoms with Crippen LogP contribution in [0.2, 0.25) is 0 Å². The van der Waals surface area contributed by atoms with E-state index >= 15 is 0 Å². The van der Waals surface area contributed by atoms with Crippen LogP contribution in [0.3, 0.4) is 0 Å². The molecule has 55 nitrogen and oxygen atoms in total. The molecule has 27 N–H and O–H groups in total. The molecule has 0 bridgehead atoms. The summed E-state index contributed by atoms with van der Waals surface area (Å²) in [6, 6.07) is 4.77. The summed E-state index contributed by atoms with van der Waals surface area (Å²) in [6.45, 7) is 3.92. The molecular formula is C69H123N21O34P6UY2. The molecule has 0 amide bonds. The normalized spacial score (nSPS) is 27.1. The number of aromatic nitrogens is 16. The van der Waals surface area contributed by atoms with Crippen molar-refractivity contribution in [3.63, 3.8) is 0 Å². The number of fused-ring (bicyclic) bond motifs is 4. The van der Waals surface area contributed by atoms with Gasteiger partial charge in [0.2, 0.25) is 11.9 Å². The second-order valence-corrected chi connectivity index (χ2v) is 29.7. The SMILES string of the molecule is C.C.C.C.C.C.C[C@@H]1O[C@H](CO)[C@H](O)C1O.C[C@H]1C[C@@H](O)[C@@H](CO)O1.C[C@H]1C[C@@H](O)[C@@H](CO)O1.O=c1c2[nH]cnc2nc2n1C(O)C(O)N2.O=c1c2ncn([C@H]3C[C@@H](O)[C@@H](CO)O3)c2nc2n1C(O)C(O)N2.O=c1cc[nH]c(=O)[nH]1.O=c1cc[nH]c(=O)[nH]1.O=c1ccn([C@@H]2O[C@H](CO)[C@H](O)C2O)c(=O)[nH]1.O=c1ccn([C@H]2C[C@@H](O)[C@@H](CO)O2)c(=O)[nH]1.P=NP.P=NP.P=NP.[U].[Y].[Y]. The summed E-state index contributed by atoms with van der Waals surface area (Å²) in [4.78, 5) is 141. The molecule has 16 heterocycles. The van der Waals surface area contributed by atoms with Crippen molar-refractivity contribution in [2.24, 2.45) is 13.5 Å². The Kier molecular flexibility index (Phi) is 69.8. The molecule has 16 rings (SSSR count). The second kappa shape index (κ2) is 68.1. The van der Waals surface area contributed by atoms with Crippen LogP contribution in [0, 0.1) is 31.1 Å². The van der Waals surface area contributed by atoms with Crippen molar-refractivity contribution < 1.29 is 217 Å². The first-order valence-corrected chi connectivity index (χ1v) is 39.3. The number of anilines is 2. The molecule has 8 aliphatic heterocycles. The van der Waals surface area contributed by atoms with Crippen molar-refractivity contribution in [2.75, 3.05) is 50.3 Å². The molecule has 6 fully saturated rings. The van der Waals surface area contributed by atoms with Crippen LogP contribution in [0.15, 0.2) is 123 Å². The van der Waals surface area contributed by atoms with Gasteiger partial charge in [-0.3, -0.25) is 76.0 Å². The van der Waals surface area contributed by atoms with Crippen LogP contribution in [0.1, 0.15) is 122 Å². The maximum absolute atomic E-state index is 12.4. The second-order valence-electron chi connectivity index (χ2n) is 26.6. The van der Waals surface area contributed by atoms with Gasteiger partial charge < -0.3 is 146 Å². The number of nitrogens with one attached hydrogen (secondary N) is 9. The van der Waals surface area contributed by atoms with E-state index in [2.05, 4.69) is 119 Å². The van der Waals surface area contributed by atoms with Crippen LogP contribution in [0.4, 0.5) is 11.9 Å². The standard InChI is InChI=1S/C12H15N5O6.C9H12N2O6.C9H12N2O5.C7H7N5O3.C6H12O4.2C6H12O3.2C4H4N2O2.6CH4.3H3NP2.U.2Y/c18-2-5-4(19)1-6(23-5)16-3-13-7-8(16)14-12-15-9(20)11(22)17(12)10(7)21;12-3-4-6(14)7(15)8(17-4)11-2-1-5(13)10-9(11)16;12-4-6-5(13)3-8(16-6)11-2-1-7(14)10-9(11)15;13-4-6(15)12-5(14)2-3(9-1-8-2)10-7(12)11-4;1-3-5(8)6(9)4(2-7)10-3;2*1-4-2-5(8)6(3-7)9-4;2*7-3-1-2-5-4(8)6-3;;;;;;;3*2-1-3;;;/h3-6,9,11,18-20,22H,1-2H2,(H,14,15);1-2,4,6-8,12,14-15H,3H2,(H,10,13,16);1-2,5-6,8,12-13H,3-4H2,(H,10,14,15);1,4,6,13,15H,(H,8,9)(H,10,11);3-9H,2H2,1H3;2*4-8H,2-3H2,1H3;2*1-2H,(H2,5,6,7,8);6*1H4;3*2H,3H2;;;/t4-,5-,6-,9?,11?;4-,6+,7?,8-;5-,6-,8-;;3-,4+,5?,6-;2*4-,5+,6+;;;;;;;;;;;;;;/m111.000............../s1. The average molecular weight is 2390 g/mol. The summed E-state index contributed by atoms with van der Waals surface area (Å²) in [5, 5.41) is 171. The van der Waals surface area contributed by atoms with Gasteiger partial charge in [0.05, 0.1) is 95.0 Å². The molecule has 8 aromatic heterocycles. The van der Waals surface area contributed by atoms with Crippen molar-refractivity contribution in [3.05, 3.63) is 166 Å². The van der Waals surface area contributed by atoms with E-state index in [0.717, 1.165) is 26.0 Å². The summed E-state index contributed by atoms with van der Waals surface area (Å²) in [6.07, 6.45) is -9.19. The molecule has 8 aliphatic rings. The number of aliphatic hydroxyl groups is 18. The first-order chi connectivity index (χ1) is 58.8. The van der Waals surface area contributed by atoms with E-state index in [-0.39, 0.29) is 263 Å². The van der Waals surface area contributed by atoms with Crippen molar-refractivity contribution in [2.45, 2.75) is 238 Å². The van der Waals surface area contributed by atoms with E-state index in [1.54, 1.807) is 6.92 Å². The van der Waals surface area contributed by atoms with E-state index in [1.165, 1.54) is 58.6 Å². The molecule has 64 heteroatoms. The number of aliphatic hydroxyl groups excluding tert-OH is 18. The van der Waals surface area contributed by atoms with Crippen LogP contribution in [-0.4, -0.2) is 325 Å². The van der Waals surface area contributed by atoms with Crippen molar-refractivity contribution in [1.29, 1.82) is 0 Å². The Hall–Kier alpha value is -5.09. The number of hydrogen-bond donors (Lipinski definition) is 27. The molecule has 9 unspecified atom stereocenters. The summed E-state index contributed by atoms with van der Waals surface area (Å²) in [5.41, 5.74) is -4.53. The average Bonchev–Trinajstić information content (AvgIpc) is 1.59. The Balaban J connectivity index is -0.000000461. The van der Waals surface area contributed by atoms with Crippen molar-refractivity contribution in [1.82, 2.24) is 77.7 Å². The summed E-state index contributed by atoms with van der Waals surface area (Å²) in [7, 11) is 14.7. The number of rotatable bonds is 9. The Morgan fingerprint density at radius 3 is 1.13 bits per heavy atom. The number of nitrogens with zero attached hydrogens (tertiary/aromatic N) is 12. The number of aromatic amines is 7. The van der Waals surface area contributed by atoms with Gasteiger partial charge in [-0.2, -0.15) is 9.97 Å². The molecule has 0 spiro atoms. The summed E-state index contributed by atoms with van der Waals surface area (Å²) >= 11 is 0. The summed E-state index contributed by atoms with van der Waals surface area (Å²) < 4.78 is 46.3. The number of H-pyrrole nitrogens is 7. The molecule has 748 valence electrons. The third kappa shape index (κ3) is 39.5. The van der Waals surface area contributed by atoms with Crippen LogP contribution < -0.4 is 66.7 Å². The van der Waals surface area contributed by atoms with E-state index in [4.69, 9.17) is 79.5 Å². The van der Waals surface area contributed by atoms with E-state index in [9.17, 15) is 88.8 Å². The third-order valence-electron chi connectivity index (χ3n) is 18.0. The van der Waals surface area contributed by atoms with E-state index < -0.39 is 168 Å². The number of hydrogen-bond acceptors (Lipinski definition) is 43. The topological polar surface area (TPSA) is 838 Å². The van der Waals surface area contributed by atoms with Crippen molar-refractivity contribution >= 4 is 89.5 Å². The predicted octanol–water partition coefficient (Wildman–Crippen LogP) is -6.08. The largest absolute Gasteiger partial charge is 0.394 e. The van der Waals surface area contributed by atoms with Gasteiger partial charge in [0.15, 0.2) is 53.5 Å². The zero-order valence-corrected chi connectivity index (χ0v) is 83.3. The first kappa shape index (κ1) is 136. The maximum atomic E-state index is 12.4. The number of ether oxygens (including phenoxy) is 6. The van der Waals surface area contributed by atoms with Crippen molar-refractivity contribution in [3.8, 4) is 0 Å². The summed E-state index contributed by atoms with van der Waals surface area (Å²) in [5.74, 6) is 0.126. The van der Waals surface area contributed by atoms with Gasteiger partial charge in [-0.15, -0.1) is 0 Å². The minimum Gasteiger partial charge on any atom is -0.394 e. The Labute approximate surface area is 845 Å². The monoisotopic (exact) mass is 2390 g/mol. The number of imidazole rings is 2. The van der Waals surface area contributed by atoms with E-state index in [0.29, 0.717) is 12.8 Å². The smallest absolute Gasteiger partial charge is 0.330 e. The predicted molar refractivity (Wildman–Crippen MR) is 485 cm³/mol. The fraction of sp³-hybridized carbons (Fsp3) is 0.623. The minimum atomic E-state index is -1.44. The molecule has 0 aromatic carbocycles. The van der Waals surface area contributed by atoms with Gasteiger partial charge in [0.25, 0.3) is 33.4 Å². The fourth-order valence-corrected chi connectivity index (χ4v) is 12.0. The van der Waals surface area contributed by atoms with E-state index in [1.807, 2.05) is 28.8 Å². The molecule has 2 radical (unpaired) electrons. The van der Waals surface area contributed by atoms with Crippen LogP contribution in [0.25, 0.3) is 22.3 Å². The molecule has 0 aliphatic carbocycles. The Morgan fingerprint density at radius 1 is 0.436 bits per heavy atom. The van der Waals surface area contributed by atoms with Gasteiger partial charge in [-0.1, -0.05) is 44.6 Å². The Bertz CT molecular complexity index is 5170. The van der Waals surface area contributed by atoms with Crippen LogP contribution >= 0.6 is 55.3 Å². The van der Waals surface area contributed by atoms with Gasteiger partial charge in [-0.25, -0.2) is 38.3 Å². The quantitative estimate of drug-likeness (QED) is 0.0598. The van der Waals surface area contributed by atoms with Gasteiger partial charge in [0, 0.05) is 171 Å². The van der Waals surface area contributed by atoms with Gasteiger partial charge in [-0.05, 0) is 76.0 Å². The zero-order valence-electron chi connectivity index (χ0n) is 67.0. The Morgan fingerprint density at radius 2 is 0.797 bits per heavy atom. The molecule has 6 saturated heterocycles. The maximum Gasteiger partial charge on any atom is 0.330 e. The molecule has 8 aromatic rings. The van der Waals surface area contributed by atoms with Crippen LogP contribution in [-0.2, 0) is 93.8 Å². The van der Waals surface area contributed by atoms with Crippen LogP contribution in [0.5, 0.6) is 0 Å². The first-order valence-electron chi connectivity index (χ1n) is 36.4.